The van der Waals surface area contributed by atoms with Crippen molar-refractivity contribution in [1.82, 2.24) is 4.57 Å². The van der Waals surface area contributed by atoms with Crippen LogP contribution in [0.2, 0.25) is 0 Å². The van der Waals surface area contributed by atoms with Crippen LogP contribution in [0, 0.1) is 6.92 Å². The summed E-state index contributed by atoms with van der Waals surface area (Å²) >= 11 is 0. The van der Waals surface area contributed by atoms with E-state index in [0.717, 1.165) is 34.0 Å². The number of carboxylic acid groups (broad SMARTS) is 1. The molecule has 3 aromatic rings. The maximum absolute atomic E-state index is 12.7. The fraction of sp³-hybridized carbons (Fsp3) is 0.217. The fourth-order valence-electron chi connectivity index (χ4n) is 3.14. The lowest BCUT2D eigenvalue weighted by Gasteiger charge is -2.14. The van der Waals surface area contributed by atoms with Gasteiger partial charge in [-0.1, -0.05) is 17.7 Å². The van der Waals surface area contributed by atoms with Crippen molar-refractivity contribution in [2.75, 3.05) is 12.4 Å². The van der Waals surface area contributed by atoms with E-state index in [-0.39, 0.29) is 18.9 Å². The first kappa shape index (κ1) is 20.2. The van der Waals surface area contributed by atoms with E-state index in [1.54, 1.807) is 7.11 Å². The summed E-state index contributed by atoms with van der Waals surface area (Å²) in [6.45, 7) is 2.08. The smallest absolute Gasteiger partial charge is 0.303 e. The number of amides is 1. The number of ether oxygens (including phenoxy) is 1. The third kappa shape index (κ3) is 5.25. The van der Waals surface area contributed by atoms with E-state index >= 15 is 0 Å². The molecule has 2 aromatic carbocycles. The van der Waals surface area contributed by atoms with Crippen molar-refractivity contribution < 1.29 is 19.4 Å². The number of rotatable bonds is 8. The highest BCUT2D eigenvalue weighted by Crippen LogP contribution is 2.26. The molecular weight excluding hydrogens is 368 g/mol. The Morgan fingerprint density at radius 2 is 1.69 bits per heavy atom. The average Bonchev–Trinajstić information content (AvgIpc) is 3.10. The number of anilines is 1. The number of carboxylic acids is 1. The molecule has 2 N–H and O–H groups in total. The predicted molar refractivity (Wildman–Crippen MR) is 112 cm³/mol. The van der Waals surface area contributed by atoms with Gasteiger partial charge in [0.15, 0.2) is 0 Å². The Bertz CT molecular complexity index is 989. The van der Waals surface area contributed by atoms with Crippen LogP contribution in [0.4, 0.5) is 5.69 Å². The molecule has 0 radical (unpaired) electrons. The van der Waals surface area contributed by atoms with Crippen molar-refractivity contribution in [2.45, 2.75) is 26.3 Å². The van der Waals surface area contributed by atoms with Gasteiger partial charge >= 0.3 is 5.97 Å². The molecule has 1 amide bonds. The van der Waals surface area contributed by atoms with E-state index in [9.17, 15) is 9.59 Å². The first-order valence-corrected chi connectivity index (χ1v) is 9.37. The standard InChI is InChI=1S/C23H24N2O4/c1-16-3-7-18(8-4-16)24-22(26)15-25-19(10-14-23(27)28)9-13-21(25)17-5-11-20(29-2)12-6-17/h3-9,11-13H,10,14-15H2,1-2H3,(H,24,26)(H,27,28). The summed E-state index contributed by atoms with van der Waals surface area (Å²) in [7, 11) is 1.61. The number of aliphatic carboxylic acids is 1. The number of carbonyl (C=O) groups is 2. The fourth-order valence-corrected chi connectivity index (χ4v) is 3.14. The van der Waals surface area contributed by atoms with Crippen molar-refractivity contribution in [2.24, 2.45) is 0 Å². The van der Waals surface area contributed by atoms with Crippen molar-refractivity contribution in [3.05, 3.63) is 71.9 Å². The first-order valence-electron chi connectivity index (χ1n) is 9.37. The van der Waals surface area contributed by atoms with E-state index in [1.807, 2.05) is 72.2 Å². The van der Waals surface area contributed by atoms with Crippen LogP contribution in [-0.4, -0.2) is 28.7 Å². The minimum absolute atomic E-state index is 0.00560. The molecule has 0 saturated heterocycles. The molecule has 6 heteroatoms. The molecule has 1 aromatic heterocycles. The molecule has 0 bridgehead atoms. The molecule has 0 fully saturated rings. The Morgan fingerprint density at radius 3 is 2.31 bits per heavy atom. The SMILES string of the molecule is COc1ccc(-c2ccc(CCC(=O)O)n2CC(=O)Nc2ccc(C)cc2)cc1. The summed E-state index contributed by atoms with van der Waals surface area (Å²) in [5, 5.41) is 11.9. The van der Waals surface area contributed by atoms with Crippen LogP contribution in [0.5, 0.6) is 5.75 Å². The molecule has 0 unspecified atom stereocenters. The number of methoxy groups -OCH3 is 1. The van der Waals surface area contributed by atoms with Crippen LogP contribution in [0.15, 0.2) is 60.7 Å². The lowest BCUT2D eigenvalue weighted by Crippen LogP contribution is -2.21. The largest absolute Gasteiger partial charge is 0.497 e. The molecule has 29 heavy (non-hydrogen) atoms. The Morgan fingerprint density at radius 1 is 1.00 bits per heavy atom. The van der Waals surface area contributed by atoms with E-state index in [4.69, 9.17) is 9.84 Å². The molecule has 6 nitrogen and oxygen atoms in total. The molecule has 0 saturated carbocycles. The zero-order chi connectivity index (χ0) is 20.8. The monoisotopic (exact) mass is 392 g/mol. The maximum atomic E-state index is 12.7. The molecule has 0 aliphatic carbocycles. The van der Waals surface area contributed by atoms with Crippen LogP contribution in [0.25, 0.3) is 11.3 Å². The number of aryl methyl sites for hydroxylation is 2. The minimum atomic E-state index is -0.868. The molecule has 0 aliphatic heterocycles. The number of nitrogens with zero attached hydrogens (tertiary/aromatic N) is 1. The van der Waals surface area contributed by atoms with Gasteiger partial charge in [-0.3, -0.25) is 9.59 Å². The van der Waals surface area contributed by atoms with Gasteiger partial charge in [0.1, 0.15) is 12.3 Å². The molecule has 1 heterocycles. The molecular formula is C23H24N2O4. The number of hydrogen-bond acceptors (Lipinski definition) is 3. The van der Waals surface area contributed by atoms with Gasteiger partial charge in [0.05, 0.1) is 13.5 Å². The Labute approximate surface area is 169 Å². The van der Waals surface area contributed by atoms with E-state index in [1.165, 1.54) is 0 Å². The average molecular weight is 392 g/mol. The summed E-state index contributed by atoms with van der Waals surface area (Å²) in [6, 6.07) is 18.9. The second kappa shape index (κ2) is 9.10. The lowest BCUT2D eigenvalue weighted by molar-refractivity contribution is -0.137. The van der Waals surface area contributed by atoms with Gasteiger partial charge in [-0.05, 0) is 67.4 Å². The van der Waals surface area contributed by atoms with Crippen molar-refractivity contribution in [3.8, 4) is 17.0 Å². The third-order valence-corrected chi connectivity index (χ3v) is 4.69. The molecule has 0 spiro atoms. The van der Waals surface area contributed by atoms with Crippen LogP contribution in [0.3, 0.4) is 0 Å². The molecule has 3 rings (SSSR count). The van der Waals surface area contributed by atoms with Crippen LogP contribution in [-0.2, 0) is 22.6 Å². The maximum Gasteiger partial charge on any atom is 0.303 e. The minimum Gasteiger partial charge on any atom is -0.497 e. The van der Waals surface area contributed by atoms with E-state index in [0.29, 0.717) is 6.42 Å². The van der Waals surface area contributed by atoms with Crippen molar-refractivity contribution in [3.63, 3.8) is 0 Å². The van der Waals surface area contributed by atoms with Crippen molar-refractivity contribution >= 4 is 17.6 Å². The normalized spacial score (nSPS) is 10.6. The molecule has 150 valence electrons. The van der Waals surface area contributed by atoms with Gasteiger partial charge in [0.25, 0.3) is 0 Å². The quantitative estimate of drug-likeness (QED) is 0.604. The summed E-state index contributed by atoms with van der Waals surface area (Å²) in [5.74, 6) is -0.292. The highest BCUT2D eigenvalue weighted by atomic mass is 16.5. The van der Waals surface area contributed by atoms with Gasteiger partial charge in [0, 0.05) is 17.1 Å². The van der Waals surface area contributed by atoms with Crippen LogP contribution in [0.1, 0.15) is 17.7 Å². The Kier molecular flexibility index (Phi) is 6.34. The van der Waals surface area contributed by atoms with Gasteiger partial charge in [-0.2, -0.15) is 0 Å². The summed E-state index contributed by atoms with van der Waals surface area (Å²) in [6.07, 6.45) is 0.356. The van der Waals surface area contributed by atoms with Gasteiger partial charge in [0.2, 0.25) is 5.91 Å². The van der Waals surface area contributed by atoms with Gasteiger partial charge < -0.3 is 19.7 Å². The number of benzene rings is 2. The second-order valence-electron chi connectivity index (χ2n) is 6.83. The number of carbonyl (C=O) groups excluding carboxylic acids is 1. The predicted octanol–water partition coefficient (Wildman–Crippen LogP) is 4.13. The topological polar surface area (TPSA) is 80.6 Å². The van der Waals surface area contributed by atoms with Crippen LogP contribution >= 0.6 is 0 Å². The van der Waals surface area contributed by atoms with Crippen molar-refractivity contribution in [1.29, 1.82) is 0 Å². The third-order valence-electron chi connectivity index (χ3n) is 4.69. The summed E-state index contributed by atoms with van der Waals surface area (Å²) in [4.78, 5) is 23.7. The number of hydrogen-bond donors (Lipinski definition) is 2. The highest BCUT2D eigenvalue weighted by Gasteiger charge is 2.15. The van der Waals surface area contributed by atoms with E-state index in [2.05, 4.69) is 5.32 Å². The zero-order valence-corrected chi connectivity index (χ0v) is 16.5. The van der Waals surface area contributed by atoms with Crippen LogP contribution < -0.4 is 10.1 Å². The highest BCUT2D eigenvalue weighted by molar-refractivity contribution is 5.91. The zero-order valence-electron chi connectivity index (χ0n) is 16.5. The Hall–Kier alpha value is -3.54. The van der Waals surface area contributed by atoms with Gasteiger partial charge in [-0.25, -0.2) is 0 Å². The lowest BCUT2D eigenvalue weighted by atomic mass is 10.1. The second-order valence-corrected chi connectivity index (χ2v) is 6.83. The summed E-state index contributed by atoms with van der Waals surface area (Å²) < 4.78 is 7.08. The number of nitrogens with one attached hydrogen (secondary N) is 1. The van der Waals surface area contributed by atoms with Gasteiger partial charge in [-0.15, -0.1) is 0 Å². The Balaban J connectivity index is 1.86. The number of aromatic nitrogens is 1. The van der Waals surface area contributed by atoms with E-state index < -0.39 is 5.97 Å². The molecule has 0 aliphatic rings. The first-order chi connectivity index (χ1) is 14.0. The molecule has 0 atom stereocenters. The summed E-state index contributed by atoms with van der Waals surface area (Å²) in [5.41, 5.74) is 4.43.